The number of hydrogen-bond acceptors (Lipinski definition) is 7. The van der Waals surface area contributed by atoms with Gasteiger partial charge in [-0.05, 0) is 93.3 Å². The van der Waals surface area contributed by atoms with E-state index in [4.69, 9.17) is 23.4 Å². The third-order valence-corrected chi connectivity index (χ3v) is 13.0. The highest BCUT2D eigenvalue weighted by Gasteiger charge is 2.42. The Morgan fingerprint density at radius 1 is 0.978 bits per heavy atom. The van der Waals surface area contributed by atoms with Crippen molar-refractivity contribution in [1.29, 1.82) is 0 Å². The molecule has 0 aliphatic carbocycles. The van der Waals surface area contributed by atoms with Crippen molar-refractivity contribution in [2.75, 3.05) is 27.4 Å². The first kappa shape index (κ1) is 41.5. The Hall–Kier alpha value is -2.56. The molecule has 0 aromatic heterocycles. The SMILES string of the molecule is COCCCOc1cc(C[C@@H](C[C@H](NC(=O)OC(C)(C)C)[C@H](/C=C(/C(=O)O)C(C)C)O[Si](C)(C)C(C)(C)C)C(C)C)ccc1OC. The molecule has 0 aliphatic rings. The van der Waals surface area contributed by atoms with E-state index in [2.05, 4.69) is 53.0 Å². The molecular weight excluding hydrogens is 602 g/mol. The minimum atomic E-state index is -2.42. The van der Waals surface area contributed by atoms with Gasteiger partial charge in [-0.3, -0.25) is 0 Å². The van der Waals surface area contributed by atoms with Gasteiger partial charge < -0.3 is 33.8 Å². The number of carboxylic acids is 1. The number of ether oxygens (including phenoxy) is 4. The summed E-state index contributed by atoms with van der Waals surface area (Å²) in [6.07, 6.45) is 2.47. The van der Waals surface area contributed by atoms with Crippen LogP contribution in [0, 0.1) is 17.8 Å². The maximum atomic E-state index is 13.3. The lowest BCUT2D eigenvalue weighted by Crippen LogP contribution is -2.53. The molecule has 9 nitrogen and oxygen atoms in total. The van der Waals surface area contributed by atoms with Crippen LogP contribution >= 0.6 is 0 Å². The van der Waals surface area contributed by atoms with E-state index in [1.165, 1.54) is 0 Å². The highest BCUT2D eigenvalue weighted by atomic mass is 28.4. The van der Waals surface area contributed by atoms with Crippen LogP contribution in [-0.2, 0) is 25.1 Å². The number of carboxylic acid groups (broad SMARTS) is 1. The molecule has 0 bridgehead atoms. The predicted molar refractivity (Wildman–Crippen MR) is 187 cm³/mol. The van der Waals surface area contributed by atoms with Gasteiger partial charge in [0, 0.05) is 25.7 Å². The van der Waals surface area contributed by atoms with Crippen LogP contribution in [0.1, 0.15) is 87.6 Å². The van der Waals surface area contributed by atoms with Crippen LogP contribution in [0.15, 0.2) is 29.8 Å². The average Bonchev–Trinajstić information content (AvgIpc) is 2.90. The van der Waals surface area contributed by atoms with Crippen molar-refractivity contribution < 1.29 is 38.1 Å². The molecule has 1 amide bonds. The molecule has 0 radical (unpaired) electrons. The number of alkyl carbamates (subject to hydrolysis) is 1. The summed E-state index contributed by atoms with van der Waals surface area (Å²) in [5.41, 5.74) is 0.624. The van der Waals surface area contributed by atoms with Crippen molar-refractivity contribution in [2.24, 2.45) is 17.8 Å². The zero-order chi connectivity index (χ0) is 35.5. The molecule has 0 saturated heterocycles. The molecule has 1 rings (SSSR count). The Bertz CT molecular complexity index is 1130. The quantitative estimate of drug-likeness (QED) is 0.0916. The van der Waals surface area contributed by atoms with Gasteiger partial charge in [-0.2, -0.15) is 0 Å². The summed E-state index contributed by atoms with van der Waals surface area (Å²) in [7, 11) is 0.869. The largest absolute Gasteiger partial charge is 0.493 e. The molecule has 2 N–H and O–H groups in total. The van der Waals surface area contributed by atoms with Crippen LogP contribution in [-0.4, -0.2) is 70.7 Å². The first-order valence-corrected chi connectivity index (χ1v) is 19.4. The highest BCUT2D eigenvalue weighted by molar-refractivity contribution is 6.74. The number of carbonyl (C=O) groups excluding carboxylic acids is 1. The van der Waals surface area contributed by atoms with Crippen LogP contribution in [0.3, 0.4) is 0 Å². The zero-order valence-electron chi connectivity index (χ0n) is 31.0. The number of benzene rings is 1. The number of aliphatic carboxylic acids is 1. The minimum absolute atomic E-state index is 0.0981. The van der Waals surface area contributed by atoms with E-state index in [-0.39, 0.29) is 28.4 Å². The van der Waals surface area contributed by atoms with Crippen molar-refractivity contribution in [1.82, 2.24) is 5.32 Å². The summed E-state index contributed by atoms with van der Waals surface area (Å²) in [5, 5.41) is 13.1. The van der Waals surface area contributed by atoms with Crippen LogP contribution in [0.25, 0.3) is 0 Å². The Kier molecular flexibility index (Phi) is 16.3. The first-order valence-electron chi connectivity index (χ1n) is 16.5. The van der Waals surface area contributed by atoms with E-state index in [9.17, 15) is 14.7 Å². The van der Waals surface area contributed by atoms with Gasteiger partial charge in [0.15, 0.2) is 19.8 Å². The molecule has 1 aromatic carbocycles. The van der Waals surface area contributed by atoms with Crippen molar-refractivity contribution in [2.45, 2.75) is 124 Å². The van der Waals surface area contributed by atoms with Gasteiger partial charge in [-0.15, -0.1) is 0 Å². The molecule has 0 spiro atoms. The van der Waals surface area contributed by atoms with Crippen LogP contribution < -0.4 is 14.8 Å². The smallest absolute Gasteiger partial charge is 0.407 e. The molecule has 0 fully saturated rings. The minimum Gasteiger partial charge on any atom is -0.493 e. The monoisotopic (exact) mass is 665 g/mol. The Balaban J connectivity index is 3.66. The van der Waals surface area contributed by atoms with Gasteiger partial charge in [-0.1, -0.05) is 54.5 Å². The maximum absolute atomic E-state index is 13.3. The summed E-state index contributed by atoms with van der Waals surface area (Å²) in [4.78, 5) is 25.7. The Morgan fingerprint density at radius 2 is 1.61 bits per heavy atom. The average molecular weight is 666 g/mol. The number of methoxy groups -OCH3 is 2. The van der Waals surface area contributed by atoms with Crippen LogP contribution in [0.2, 0.25) is 18.1 Å². The van der Waals surface area contributed by atoms with E-state index in [1.54, 1.807) is 20.3 Å². The Morgan fingerprint density at radius 3 is 2.09 bits per heavy atom. The molecule has 0 unspecified atom stereocenters. The molecule has 10 heteroatoms. The van der Waals surface area contributed by atoms with Gasteiger partial charge >= 0.3 is 12.1 Å². The zero-order valence-corrected chi connectivity index (χ0v) is 32.0. The van der Waals surface area contributed by atoms with E-state index in [0.29, 0.717) is 37.6 Å². The molecule has 0 aliphatic heterocycles. The van der Waals surface area contributed by atoms with Crippen LogP contribution in [0.4, 0.5) is 4.79 Å². The van der Waals surface area contributed by atoms with E-state index >= 15 is 0 Å². The van der Waals surface area contributed by atoms with Crippen molar-refractivity contribution in [3.05, 3.63) is 35.4 Å². The third-order valence-electron chi connectivity index (χ3n) is 8.52. The second kappa shape index (κ2) is 18.1. The molecule has 1 aromatic rings. The lowest BCUT2D eigenvalue weighted by Gasteiger charge is -2.42. The maximum Gasteiger partial charge on any atom is 0.407 e. The van der Waals surface area contributed by atoms with Gasteiger partial charge in [-0.25, -0.2) is 9.59 Å². The number of hydrogen-bond donors (Lipinski definition) is 2. The molecule has 264 valence electrons. The normalized spacial score (nSPS) is 15.0. The Labute approximate surface area is 279 Å². The second-order valence-corrected chi connectivity index (χ2v) is 20.1. The van der Waals surface area contributed by atoms with E-state index < -0.39 is 38.1 Å². The fraction of sp³-hybridized carbons (Fsp3) is 0.722. The van der Waals surface area contributed by atoms with Crippen molar-refractivity contribution >= 4 is 20.4 Å². The highest BCUT2D eigenvalue weighted by Crippen LogP contribution is 2.39. The van der Waals surface area contributed by atoms with Crippen molar-refractivity contribution in [3.8, 4) is 11.5 Å². The summed E-state index contributed by atoms with van der Waals surface area (Å²) in [6.45, 7) is 25.3. The van der Waals surface area contributed by atoms with Gasteiger partial charge in [0.2, 0.25) is 0 Å². The molecule has 46 heavy (non-hydrogen) atoms. The van der Waals surface area contributed by atoms with E-state index in [1.807, 2.05) is 52.8 Å². The molecular formula is C36H63NO8Si. The van der Waals surface area contributed by atoms with E-state index in [0.717, 1.165) is 12.0 Å². The number of carbonyl (C=O) groups is 2. The predicted octanol–water partition coefficient (Wildman–Crippen LogP) is 8.27. The molecule has 3 atom stereocenters. The van der Waals surface area contributed by atoms with Gasteiger partial charge in [0.25, 0.3) is 0 Å². The number of amides is 1. The fourth-order valence-electron chi connectivity index (χ4n) is 4.74. The van der Waals surface area contributed by atoms with Crippen molar-refractivity contribution in [3.63, 3.8) is 0 Å². The summed E-state index contributed by atoms with van der Waals surface area (Å²) >= 11 is 0. The number of nitrogens with one attached hydrogen (secondary N) is 1. The van der Waals surface area contributed by atoms with Gasteiger partial charge in [0.1, 0.15) is 5.60 Å². The van der Waals surface area contributed by atoms with Crippen LogP contribution in [0.5, 0.6) is 11.5 Å². The fourth-order valence-corrected chi connectivity index (χ4v) is 6.00. The second-order valence-electron chi connectivity index (χ2n) is 15.3. The first-order chi connectivity index (χ1) is 21.1. The molecule has 0 saturated carbocycles. The lowest BCUT2D eigenvalue weighted by molar-refractivity contribution is -0.133. The topological polar surface area (TPSA) is 113 Å². The third kappa shape index (κ3) is 14.1. The van der Waals surface area contributed by atoms with Gasteiger partial charge in [0.05, 0.1) is 25.9 Å². The summed E-state index contributed by atoms with van der Waals surface area (Å²) in [5.74, 6) is 0.430. The lowest BCUT2D eigenvalue weighted by atomic mass is 9.82. The number of rotatable bonds is 18. The standard InChI is InChI=1S/C36H63NO8Si/c1-24(2)27(20-26-16-17-30(42-12)32(21-26)43-19-15-18-41-11)22-29(37-34(40)44-35(5,6)7)31(23-28(25(3)4)33(38)39)45-46(13,14)36(8,9)10/h16-17,21,23-25,27,29,31H,15,18-20,22H2,1-14H3,(H,37,40)(H,38,39)/b28-23+/t27-,29-,31-/m0/s1. The molecule has 0 heterocycles. The summed E-state index contributed by atoms with van der Waals surface area (Å²) < 4.78 is 29.4. The summed E-state index contributed by atoms with van der Waals surface area (Å²) in [6, 6.07) is 5.43.